The summed E-state index contributed by atoms with van der Waals surface area (Å²) in [6.07, 6.45) is 4.26. The number of aliphatic hydroxyl groups excluding tert-OH is 2. The highest BCUT2D eigenvalue weighted by Crippen LogP contribution is 2.33. The second-order valence-electron chi connectivity index (χ2n) is 3.30. The third kappa shape index (κ3) is 1.76. The molecule has 1 rings (SSSR count). The second-order valence-corrected chi connectivity index (χ2v) is 3.30. The summed E-state index contributed by atoms with van der Waals surface area (Å²) in [7, 11) is 0. The van der Waals surface area contributed by atoms with E-state index in [9.17, 15) is 10.2 Å². The van der Waals surface area contributed by atoms with Crippen molar-refractivity contribution in [1.82, 2.24) is 0 Å². The molecule has 1 saturated carbocycles. The molecule has 0 spiro atoms. The molecule has 1 aliphatic carbocycles. The van der Waals surface area contributed by atoms with E-state index in [4.69, 9.17) is 0 Å². The lowest BCUT2D eigenvalue weighted by molar-refractivity contribution is 0.120. The Morgan fingerprint density at radius 3 is 2.67 bits per heavy atom. The largest absolute Gasteiger partial charge is 0.392 e. The van der Waals surface area contributed by atoms with E-state index in [0.29, 0.717) is 6.42 Å². The van der Waals surface area contributed by atoms with E-state index in [1.54, 1.807) is 0 Å². The third-order valence-corrected chi connectivity index (χ3v) is 2.46. The summed E-state index contributed by atoms with van der Waals surface area (Å²) in [4.78, 5) is 0. The third-order valence-electron chi connectivity index (χ3n) is 2.46. The zero-order chi connectivity index (χ0) is 9.14. The van der Waals surface area contributed by atoms with Gasteiger partial charge in [0.2, 0.25) is 0 Å². The first-order valence-electron chi connectivity index (χ1n) is 4.32. The van der Waals surface area contributed by atoms with Crippen LogP contribution < -0.4 is 0 Å². The van der Waals surface area contributed by atoms with Gasteiger partial charge < -0.3 is 10.2 Å². The van der Waals surface area contributed by atoms with Crippen LogP contribution in [0.4, 0.5) is 0 Å². The highest BCUT2D eigenvalue weighted by atomic mass is 16.3. The van der Waals surface area contributed by atoms with Crippen molar-refractivity contribution in [3.8, 4) is 0 Å². The molecule has 0 radical (unpaired) electrons. The number of aliphatic hydroxyl groups is 2. The quantitative estimate of drug-likeness (QED) is 0.609. The van der Waals surface area contributed by atoms with E-state index in [1.807, 2.05) is 19.1 Å². The van der Waals surface area contributed by atoms with Crippen LogP contribution in [-0.4, -0.2) is 22.4 Å². The summed E-state index contributed by atoms with van der Waals surface area (Å²) in [6.45, 7) is 5.72. The predicted molar refractivity (Wildman–Crippen MR) is 48.7 cm³/mol. The number of hydrogen-bond acceptors (Lipinski definition) is 2. The van der Waals surface area contributed by atoms with Crippen molar-refractivity contribution in [2.45, 2.75) is 32.0 Å². The average Bonchev–Trinajstić information content (AvgIpc) is 2.25. The van der Waals surface area contributed by atoms with Crippen LogP contribution in [0.15, 0.2) is 24.3 Å². The Kier molecular flexibility index (Phi) is 3.06. The van der Waals surface area contributed by atoms with E-state index in [2.05, 4.69) is 6.58 Å². The van der Waals surface area contributed by atoms with Crippen LogP contribution in [0, 0.1) is 5.92 Å². The smallest absolute Gasteiger partial charge is 0.0776 e. The summed E-state index contributed by atoms with van der Waals surface area (Å²) >= 11 is 0. The van der Waals surface area contributed by atoms with E-state index in [-0.39, 0.29) is 5.92 Å². The highest BCUT2D eigenvalue weighted by Gasteiger charge is 2.34. The Labute approximate surface area is 73.2 Å². The molecule has 0 unspecified atom stereocenters. The summed E-state index contributed by atoms with van der Waals surface area (Å²) in [5.41, 5.74) is 0.778. The lowest BCUT2D eigenvalue weighted by Gasteiger charge is -2.12. The van der Waals surface area contributed by atoms with E-state index < -0.39 is 12.2 Å². The van der Waals surface area contributed by atoms with Crippen molar-refractivity contribution in [3.63, 3.8) is 0 Å². The fourth-order valence-corrected chi connectivity index (χ4v) is 1.63. The zero-order valence-corrected chi connectivity index (χ0v) is 7.40. The molecule has 0 bridgehead atoms. The molecule has 0 aromatic rings. The normalized spacial score (nSPS) is 36.6. The molecular weight excluding hydrogens is 152 g/mol. The van der Waals surface area contributed by atoms with Crippen molar-refractivity contribution in [2.75, 3.05) is 0 Å². The Morgan fingerprint density at radius 2 is 2.25 bits per heavy atom. The fourth-order valence-electron chi connectivity index (χ4n) is 1.63. The molecule has 0 saturated heterocycles. The first-order valence-corrected chi connectivity index (χ1v) is 4.32. The van der Waals surface area contributed by atoms with Gasteiger partial charge in [0.1, 0.15) is 0 Å². The molecule has 2 heteroatoms. The van der Waals surface area contributed by atoms with Gasteiger partial charge >= 0.3 is 0 Å². The molecule has 1 fully saturated rings. The van der Waals surface area contributed by atoms with Crippen LogP contribution in [0.3, 0.4) is 0 Å². The molecule has 1 aliphatic rings. The minimum atomic E-state index is -0.504. The van der Waals surface area contributed by atoms with Crippen LogP contribution in [0.2, 0.25) is 0 Å². The van der Waals surface area contributed by atoms with E-state index >= 15 is 0 Å². The summed E-state index contributed by atoms with van der Waals surface area (Å²) in [5, 5.41) is 18.9. The molecule has 68 valence electrons. The first kappa shape index (κ1) is 9.49. The Balaban J connectivity index is 2.57. The molecule has 0 aliphatic heterocycles. The van der Waals surface area contributed by atoms with Crippen LogP contribution in [0.25, 0.3) is 0 Å². The first-order chi connectivity index (χ1) is 5.66. The minimum absolute atomic E-state index is 0.0520. The lowest BCUT2D eigenvalue weighted by Crippen LogP contribution is -2.12. The monoisotopic (exact) mass is 168 g/mol. The van der Waals surface area contributed by atoms with Gasteiger partial charge in [0.05, 0.1) is 12.2 Å². The molecule has 3 atom stereocenters. The van der Waals surface area contributed by atoms with Crippen molar-refractivity contribution in [1.29, 1.82) is 0 Å². The van der Waals surface area contributed by atoms with Gasteiger partial charge in [0, 0.05) is 12.3 Å². The Morgan fingerprint density at radius 1 is 1.58 bits per heavy atom. The van der Waals surface area contributed by atoms with Crippen molar-refractivity contribution in [3.05, 3.63) is 24.3 Å². The van der Waals surface area contributed by atoms with Gasteiger partial charge in [-0.1, -0.05) is 18.7 Å². The molecule has 12 heavy (non-hydrogen) atoms. The van der Waals surface area contributed by atoms with Crippen LogP contribution in [0.5, 0.6) is 0 Å². The maximum atomic E-state index is 9.50. The molecular formula is C10H16O2. The van der Waals surface area contributed by atoms with Gasteiger partial charge in [0.15, 0.2) is 0 Å². The fraction of sp³-hybridized carbons (Fsp3) is 0.600. The van der Waals surface area contributed by atoms with Crippen LogP contribution in [0.1, 0.15) is 19.8 Å². The Bertz CT molecular complexity index is 196. The highest BCUT2D eigenvalue weighted by molar-refractivity contribution is 5.17. The van der Waals surface area contributed by atoms with Gasteiger partial charge in [-0.25, -0.2) is 0 Å². The molecule has 0 amide bonds. The van der Waals surface area contributed by atoms with Crippen LogP contribution >= 0.6 is 0 Å². The van der Waals surface area contributed by atoms with Crippen molar-refractivity contribution >= 4 is 0 Å². The lowest BCUT2D eigenvalue weighted by atomic mass is 9.98. The number of hydrogen-bond donors (Lipinski definition) is 2. The molecule has 2 nitrogen and oxygen atoms in total. The van der Waals surface area contributed by atoms with Gasteiger partial charge in [0.25, 0.3) is 0 Å². The van der Waals surface area contributed by atoms with E-state index in [1.165, 1.54) is 0 Å². The summed E-state index contributed by atoms with van der Waals surface area (Å²) in [5.74, 6) is 0.0520. The number of allylic oxidation sites excluding steroid dienone is 2. The SMILES string of the molecule is C=C1[C@H](O)C[C@H](O)[C@@H]1CC=CC. The topological polar surface area (TPSA) is 40.5 Å². The maximum Gasteiger partial charge on any atom is 0.0776 e. The maximum absolute atomic E-state index is 9.50. The zero-order valence-electron chi connectivity index (χ0n) is 7.40. The minimum Gasteiger partial charge on any atom is -0.392 e. The summed E-state index contributed by atoms with van der Waals surface area (Å²) in [6, 6.07) is 0. The summed E-state index contributed by atoms with van der Waals surface area (Å²) < 4.78 is 0. The predicted octanol–water partition coefficient (Wildman–Crippen LogP) is 1.25. The average molecular weight is 168 g/mol. The second kappa shape index (κ2) is 3.87. The molecule has 0 aromatic carbocycles. The van der Waals surface area contributed by atoms with Crippen LogP contribution in [-0.2, 0) is 0 Å². The molecule has 2 N–H and O–H groups in total. The standard InChI is InChI=1S/C10H16O2/c1-3-4-5-8-7(2)9(11)6-10(8)12/h3-4,8-12H,2,5-6H2,1H3/t8-,9-,10+/m1/s1. The van der Waals surface area contributed by atoms with Gasteiger partial charge in [-0.05, 0) is 18.9 Å². The van der Waals surface area contributed by atoms with Gasteiger partial charge in [-0.3, -0.25) is 0 Å². The number of rotatable bonds is 2. The molecule has 0 heterocycles. The Hall–Kier alpha value is -0.600. The van der Waals surface area contributed by atoms with Crippen molar-refractivity contribution < 1.29 is 10.2 Å². The van der Waals surface area contributed by atoms with Gasteiger partial charge in [-0.2, -0.15) is 0 Å². The van der Waals surface area contributed by atoms with Gasteiger partial charge in [-0.15, -0.1) is 0 Å². The van der Waals surface area contributed by atoms with Crippen molar-refractivity contribution in [2.24, 2.45) is 5.92 Å². The molecule has 0 aromatic heterocycles. The van der Waals surface area contributed by atoms with E-state index in [0.717, 1.165) is 12.0 Å².